The van der Waals surface area contributed by atoms with Crippen molar-refractivity contribution in [1.82, 2.24) is 0 Å². The Morgan fingerprint density at radius 1 is 0.481 bits per heavy atom. The largest absolute Gasteiger partial charge is 0.310 e. The molecule has 0 amide bonds. The second-order valence-corrected chi connectivity index (χ2v) is 15.6. The van der Waals surface area contributed by atoms with Crippen molar-refractivity contribution in [3.05, 3.63) is 202 Å². The van der Waals surface area contributed by atoms with E-state index in [1.807, 2.05) is 29.5 Å². The van der Waals surface area contributed by atoms with Crippen LogP contribution in [0.5, 0.6) is 0 Å². The molecule has 0 atom stereocenters. The third kappa shape index (κ3) is 3.89. The lowest BCUT2D eigenvalue weighted by Crippen LogP contribution is -2.26. The van der Waals surface area contributed by atoms with Crippen molar-refractivity contribution < 1.29 is 9.59 Å². The molecule has 11 rings (SSSR count). The van der Waals surface area contributed by atoms with Gasteiger partial charge in [0.1, 0.15) is 0 Å². The Labute approximate surface area is 308 Å². The molecule has 3 aliphatic carbocycles. The first-order chi connectivity index (χ1) is 25.6. The minimum absolute atomic E-state index is 0.195. The lowest BCUT2D eigenvalue weighted by Gasteiger charge is -2.32. The van der Waals surface area contributed by atoms with Gasteiger partial charge in [0.05, 0.1) is 15.7 Å². The summed E-state index contributed by atoms with van der Waals surface area (Å²) in [5, 5.41) is 0. The molecule has 0 radical (unpaired) electrons. The number of carbonyl (C=O) groups is 2. The van der Waals surface area contributed by atoms with Gasteiger partial charge in [0.25, 0.3) is 0 Å². The average Bonchev–Trinajstić information content (AvgIpc) is 3.96. The molecule has 52 heavy (non-hydrogen) atoms. The van der Waals surface area contributed by atoms with Gasteiger partial charge < -0.3 is 4.90 Å². The third-order valence-corrected chi connectivity index (χ3v) is 13.2. The van der Waals surface area contributed by atoms with Gasteiger partial charge in [0, 0.05) is 48.2 Å². The number of hydrogen-bond donors (Lipinski definition) is 0. The lowest BCUT2D eigenvalue weighted by atomic mass is 9.71. The second kappa shape index (κ2) is 10.9. The van der Waals surface area contributed by atoms with Gasteiger partial charge in [-0.2, -0.15) is 0 Å². The molecule has 2 aromatic heterocycles. The van der Waals surface area contributed by atoms with Gasteiger partial charge in [-0.1, -0.05) is 115 Å². The van der Waals surface area contributed by atoms with E-state index in [1.54, 1.807) is 23.5 Å². The SMILES string of the molecule is O=C1C(=Cc2cc3sc4c(c3s2)C2(c3ccccc3-c3ccccc32)c2cc(N(c3ccccc3)c3ccccc3)ccc2-4)C(=O)c2ccccc21. The highest BCUT2D eigenvalue weighted by Gasteiger charge is 2.54. The Bertz CT molecular complexity index is 2720. The Morgan fingerprint density at radius 3 is 1.62 bits per heavy atom. The number of carbonyl (C=O) groups excluding carboxylic acids is 2. The summed E-state index contributed by atoms with van der Waals surface area (Å²) in [4.78, 5) is 31.3. The standard InChI is InChI=1S/C47H27NO2S2/c49-43-34-19-7-8-20-35(34)44(50)37(43)26-31-27-41-46(51-31)42-45(52-41)36-24-23-30(48(28-13-3-1-4-14-28)29-15-5-2-6-16-29)25-40(36)47(42)38-21-11-9-17-32(38)33-18-10-12-22-39(33)47/h1-27H. The third-order valence-electron chi connectivity index (χ3n) is 10.8. The summed E-state index contributed by atoms with van der Waals surface area (Å²) in [5.74, 6) is -0.391. The molecule has 0 fully saturated rings. The summed E-state index contributed by atoms with van der Waals surface area (Å²) < 4.78 is 2.37. The van der Waals surface area contributed by atoms with E-state index in [0.717, 1.165) is 21.9 Å². The molecule has 244 valence electrons. The number of benzene rings is 6. The first-order valence-electron chi connectivity index (χ1n) is 17.3. The van der Waals surface area contributed by atoms with E-state index in [4.69, 9.17) is 0 Å². The molecule has 6 aromatic carbocycles. The van der Waals surface area contributed by atoms with Crippen molar-refractivity contribution in [2.45, 2.75) is 5.41 Å². The van der Waals surface area contributed by atoms with E-state index >= 15 is 0 Å². The maximum atomic E-state index is 13.4. The van der Waals surface area contributed by atoms with Gasteiger partial charge in [-0.25, -0.2) is 0 Å². The Morgan fingerprint density at radius 2 is 1.02 bits per heavy atom. The van der Waals surface area contributed by atoms with Crippen LogP contribution in [0.2, 0.25) is 0 Å². The maximum absolute atomic E-state index is 13.4. The van der Waals surface area contributed by atoms with Gasteiger partial charge in [0.15, 0.2) is 11.6 Å². The van der Waals surface area contributed by atoms with Crippen LogP contribution in [0.15, 0.2) is 163 Å². The zero-order valence-corrected chi connectivity index (χ0v) is 29.3. The van der Waals surface area contributed by atoms with E-state index in [1.165, 1.54) is 53.2 Å². The van der Waals surface area contributed by atoms with Crippen LogP contribution in [-0.2, 0) is 5.41 Å². The molecule has 1 spiro atoms. The minimum Gasteiger partial charge on any atom is -0.310 e. The number of Topliss-reactive ketones (excluding diaryl/α,β-unsaturated/α-hetero) is 2. The number of para-hydroxylation sites is 2. The van der Waals surface area contributed by atoms with Gasteiger partial charge in [-0.05, 0) is 81.9 Å². The minimum atomic E-state index is -0.546. The van der Waals surface area contributed by atoms with E-state index in [9.17, 15) is 9.59 Å². The number of anilines is 3. The zero-order chi connectivity index (χ0) is 34.6. The van der Waals surface area contributed by atoms with Gasteiger partial charge in [-0.15, -0.1) is 22.7 Å². The van der Waals surface area contributed by atoms with Gasteiger partial charge in [-0.3, -0.25) is 9.59 Å². The Hall–Kier alpha value is -6.14. The van der Waals surface area contributed by atoms with E-state index < -0.39 is 5.41 Å². The summed E-state index contributed by atoms with van der Waals surface area (Å²) in [7, 11) is 0. The van der Waals surface area contributed by atoms with E-state index in [-0.39, 0.29) is 17.1 Å². The number of fused-ring (bicyclic) bond motifs is 13. The fourth-order valence-corrected chi connectivity index (χ4v) is 11.5. The van der Waals surface area contributed by atoms with Gasteiger partial charge in [0.2, 0.25) is 0 Å². The van der Waals surface area contributed by atoms with Crippen molar-refractivity contribution in [3.63, 3.8) is 0 Å². The predicted octanol–water partition coefficient (Wildman–Crippen LogP) is 12.2. The molecule has 0 N–H and O–H groups in total. The summed E-state index contributed by atoms with van der Waals surface area (Å²) in [6.45, 7) is 0. The molecule has 2 heterocycles. The van der Waals surface area contributed by atoms with Crippen LogP contribution < -0.4 is 4.90 Å². The van der Waals surface area contributed by atoms with Gasteiger partial charge >= 0.3 is 0 Å². The molecule has 0 saturated heterocycles. The van der Waals surface area contributed by atoms with Crippen LogP contribution in [0, 0.1) is 0 Å². The number of thiophene rings is 2. The molecule has 8 aromatic rings. The first-order valence-corrected chi connectivity index (χ1v) is 19.0. The van der Waals surface area contributed by atoms with Crippen molar-refractivity contribution in [2.24, 2.45) is 0 Å². The first kappa shape index (κ1) is 29.6. The molecule has 5 heteroatoms. The summed E-state index contributed by atoms with van der Waals surface area (Å²) in [5.41, 5.74) is 12.8. The van der Waals surface area contributed by atoms with Crippen LogP contribution in [0.25, 0.3) is 37.0 Å². The summed E-state index contributed by atoms with van der Waals surface area (Å²) >= 11 is 3.49. The van der Waals surface area contributed by atoms with Crippen LogP contribution in [-0.4, -0.2) is 11.6 Å². The zero-order valence-electron chi connectivity index (χ0n) is 27.7. The molecule has 0 aliphatic heterocycles. The number of nitrogens with zero attached hydrogens (tertiary/aromatic N) is 1. The Balaban J connectivity index is 1.17. The second-order valence-electron chi connectivity index (χ2n) is 13.5. The molecule has 0 saturated carbocycles. The highest BCUT2D eigenvalue weighted by atomic mass is 32.1. The smallest absolute Gasteiger partial charge is 0.197 e. The quantitative estimate of drug-likeness (QED) is 0.135. The van der Waals surface area contributed by atoms with Crippen molar-refractivity contribution in [2.75, 3.05) is 4.90 Å². The van der Waals surface area contributed by atoms with Crippen LogP contribution in [0.1, 0.15) is 47.8 Å². The number of hydrogen-bond acceptors (Lipinski definition) is 5. The molecular formula is C47H27NO2S2. The fraction of sp³-hybridized carbons (Fsp3) is 0.0213. The molecule has 3 aliphatic rings. The molecule has 0 unspecified atom stereocenters. The number of rotatable bonds is 4. The predicted molar refractivity (Wildman–Crippen MR) is 214 cm³/mol. The summed E-state index contributed by atoms with van der Waals surface area (Å²) in [6, 6.07) is 55.1. The lowest BCUT2D eigenvalue weighted by molar-refractivity contribution is 0.0990. The molecule has 0 bridgehead atoms. The molecular weight excluding hydrogens is 675 g/mol. The number of allylic oxidation sites excluding steroid dienone is 1. The van der Waals surface area contributed by atoms with Crippen LogP contribution in [0.3, 0.4) is 0 Å². The molecule has 3 nitrogen and oxygen atoms in total. The van der Waals surface area contributed by atoms with Crippen LogP contribution >= 0.6 is 22.7 Å². The monoisotopic (exact) mass is 701 g/mol. The van der Waals surface area contributed by atoms with Crippen molar-refractivity contribution >= 4 is 66.8 Å². The normalized spacial score (nSPS) is 14.3. The highest BCUT2D eigenvalue weighted by Crippen LogP contribution is 2.67. The van der Waals surface area contributed by atoms with Crippen LogP contribution in [0.4, 0.5) is 17.1 Å². The summed E-state index contributed by atoms with van der Waals surface area (Å²) in [6.07, 6.45) is 1.81. The Kier molecular flexibility index (Phi) is 6.22. The average molecular weight is 702 g/mol. The number of ketones is 2. The van der Waals surface area contributed by atoms with E-state index in [0.29, 0.717) is 11.1 Å². The topological polar surface area (TPSA) is 37.4 Å². The highest BCUT2D eigenvalue weighted by molar-refractivity contribution is 7.30. The maximum Gasteiger partial charge on any atom is 0.197 e. The van der Waals surface area contributed by atoms with Crippen molar-refractivity contribution in [1.29, 1.82) is 0 Å². The van der Waals surface area contributed by atoms with Crippen molar-refractivity contribution in [3.8, 4) is 21.6 Å². The van der Waals surface area contributed by atoms with E-state index in [2.05, 4.69) is 138 Å². The fourth-order valence-electron chi connectivity index (χ4n) is 8.76.